The van der Waals surface area contributed by atoms with E-state index in [-0.39, 0.29) is 5.54 Å². The van der Waals surface area contributed by atoms with Crippen LogP contribution in [0.5, 0.6) is 0 Å². The lowest BCUT2D eigenvalue weighted by Crippen LogP contribution is -2.54. The zero-order valence-corrected chi connectivity index (χ0v) is 11.2. The van der Waals surface area contributed by atoms with Crippen molar-refractivity contribution < 1.29 is 0 Å². The number of hydrogen-bond acceptors (Lipinski definition) is 2. The van der Waals surface area contributed by atoms with Gasteiger partial charge in [0.15, 0.2) is 0 Å². The highest BCUT2D eigenvalue weighted by Crippen LogP contribution is 2.60. The Balaban J connectivity index is 1.82. The summed E-state index contributed by atoms with van der Waals surface area (Å²) < 4.78 is 2.07. The van der Waals surface area contributed by atoms with Crippen LogP contribution in [-0.2, 0) is 5.54 Å². The first-order chi connectivity index (χ1) is 8.68. The molecular formula is C15H21N3. The summed E-state index contributed by atoms with van der Waals surface area (Å²) in [5, 5.41) is 13.6. The summed E-state index contributed by atoms with van der Waals surface area (Å²) in [5.74, 6) is 0. The van der Waals surface area contributed by atoms with Crippen LogP contribution in [0.25, 0.3) is 0 Å². The molecule has 18 heavy (non-hydrogen) atoms. The Hall–Kier alpha value is -1.30. The Morgan fingerprint density at radius 1 is 1.33 bits per heavy atom. The summed E-state index contributed by atoms with van der Waals surface area (Å²) in [5.41, 5.74) is 1.73. The Kier molecular flexibility index (Phi) is 2.69. The number of nitrogens with zero attached hydrogens (tertiary/aromatic N) is 3. The molecule has 1 spiro atoms. The van der Waals surface area contributed by atoms with E-state index in [0.29, 0.717) is 11.8 Å². The van der Waals surface area contributed by atoms with Crippen molar-refractivity contribution in [3.8, 4) is 6.07 Å². The van der Waals surface area contributed by atoms with Gasteiger partial charge >= 0.3 is 0 Å². The van der Waals surface area contributed by atoms with Crippen molar-refractivity contribution in [3.05, 3.63) is 18.0 Å². The molecule has 1 aromatic rings. The molecule has 0 saturated heterocycles. The van der Waals surface area contributed by atoms with Gasteiger partial charge in [-0.2, -0.15) is 10.4 Å². The molecule has 3 rings (SSSR count). The van der Waals surface area contributed by atoms with Gasteiger partial charge in [0, 0.05) is 6.20 Å². The fourth-order valence-corrected chi connectivity index (χ4v) is 4.19. The van der Waals surface area contributed by atoms with Crippen molar-refractivity contribution in [1.29, 1.82) is 5.26 Å². The second-order valence-corrected chi connectivity index (χ2v) is 6.44. The van der Waals surface area contributed by atoms with E-state index in [1.807, 2.05) is 6.20 Å². The predicted molar refractivity (Wildman–Crippen MR) is 69.9 cm³/mol. The third-order valence-corrected chi connectivity index (χ3v) is 4.93. The van der Waals surface area contributed by atoms with Gasteiger partial charge in [0.25, 0.3) is 0 Å². The van der Waals surface area contributed by atoms with Gasteiger partial charge in [-0.3, -0.25) is 4.68 Å². The summed E-state index contributed by atoms with van der Waals surface area (Å²) in [6.45, 7) is 2.07. The molecule has 0 atom stereocenters. The second-order valence-electron chi connectivity index (χ2n) is 6.44. The third kappa shape index (κ3) is 1.75. The molecule has 2 saturated carbocycles. The van der Waals surface area contributed by atoms with Crippen LogP contribution < -0.4 is 0 Å². The molecule has 1 aromatic heterocycles. The van der Waals surface area contributed by atoms with E-state index >= 15 is 0 Å². The summed E-state index contributed by atoms with van der Waals surface area (Å²) in [6, 6.07) is 2.38. The third-order valence-electron chi connectivity index (χ3n) is 4.93. The fraction of sp³-hybridized carbons (Fsp3) is 0.733. The van der Waals surface area contributed by atoms with Gasteiger partial charge in [-0.1, -0.05) is 19.3 Å². The van der Waals surface area contributed by atoms with Crippen LogP contribution in [0.4, 0.5) is 0 Å². The van der Waals surface area contributed by atoms with Crippen molar-refractivity contribution in [2.75, 3.05) is 0 Å². The van der Waals surface area contributed by atoms with Gasteiger partial charge in [-0.15, -0.1) is 0 Å². The number of aromatic nitrogens is 2. The lowest BCUT2D eigenvalue weighted by molar-refractivity contribution is -0.0599. The molecule has 96 valence electrons. The van der Waals surface area contributed by atoms with E-state index in [9.17, 15) is 0 Å². The molecule has 0 aromatic carbocycles. The molecule has 3 nitrogen and oxygen atoms in total. The van der Waals surface area contributed by atoms with Crippen LogP contribution in [0.3, 0.4) is 0 Å². The lowest BCUT2D eigenvalue weighted by Gasteiger charge is -2.57. The normalized spacial score (nSPS) is 24.4. The molecule has 0 bridgehead atoms. The summed E-state index contributed by atoms with van der Waals surface area (Å²) in [4.78, 5) is 0. The van der Waals surface area contributed by atoms with Gasteiger partial charge in [-0.25, -0.2) is 0 Å². The van der Waals surface area contributed by atoms with Crippen molar-refractivity contribution in [2.24, 2.45) is 5.41 Å². The van der Waals surface area contributed by atoms with Crippen LogP contribution in [-0.4, -0.2) is 9.78 Å². The van der Waals surface area contributed by atoms with Crippen LogP contribution in [0.2, 0.25) is 0 Å². The molecule has 0 radical (unpaired) electrons. The number of nitriles is 1. The van der Waals surface area contributed by atoms with Crippen molar-refractivity contribution in [1.82, 2.24) is 9.78 Å². The first-order valence-corrected chi connectivity index (χ1v) is 7.07. The smallest absolute Gasteiger partial charge is 0.0767 e. The van der Waals surface area contributed by atoms with Crippen LogP contribution in [0, 0.1) is 23.7 Å². The zero-order chi connectivity index (χ0) is 12.6. The first-order valence-electron chi connectivity index (χ1n) is 7.07. The average molecular weight is 243 g/mol. The predicted octanol–water partition coefficient (Wildman–Crippen LogP) is 3.54. The van der Waals surface area contributed by atoms with Crippen LogP contribution in [0.15, 0.2) is 12.4 Å². The van der Waals surface area contributed by atoms with E-state index in [1.54, 1.807) is 0 Å². The maximum Gasteiger partial charge on any atom is 0.0767 e. The van der Waals surface area contributed by atoms with E-state index in [0.717, 1.165) is 12.8 Å². The van der Waals surface area contributed by atoms with Gasteiger partial charge in [0.05, 0.1) is 24.2 Å². The minimum Gasteiger partial charge on any atom is -0.265 e. The van der Waals surface area contributed by atoms with Crippen LogP contribution >= 0.6 is 0 Å². The Morgan fingerprint density at radius 2 is 2.06 bits per heavy atom. The summed E-state index contributed by atoms with van der Waals surface area (Å²) in [6.07, 6.45) is 13.8. The molecule has 0 unspecified atom stereocenters. The minimum atomic E-state index is 0.000347. The Bertz CT molecular complexity index is 466. The zero-order valence-electron chi connectivity index (χ0n) is 11.2. The Labute approximate surface area is 109 Å². The van der Waals surface area contributed by atoms with Crippen LogP contribution in [0.1, 0.15) is 56.9 Å². The largest absolute Gasteiger partial charge is 0.265 e. The quantitative estimate of drug-likeness (QED) is 0.797. The number of hydrogen-bond donors (Lipinski definition) is 0. The van der Waals surface area contributed by atoms with E-state index in [4.69, 9.17) is 5.26 Å². The van der Waals surface area contributed by atoms with E-state index < -0.39 is 0 Å². The molecule has 3 heteroatoms. The molecule has 2 aliphatic rings. The first kappa shape index (κ1) is 11.8. The molecular weight excluding hydrogens is 222 g/mol. The summed E-state index contributed by atoms with van der Waals surface area (Å²) in [7, 11) is 0. The van der Waals surface area contributed by atoms with E-state index in [1.165, 1.54) is 37.7 Å². The highest BCUT2D eigenvalue weighted by atomic mass is 15.3. The van der Waals surface area contributed by atoms with Crippen molar-refractivity contribution >= 4 is 0 Å². The maximum absolute atomic E-state index is 9.13. The van der Waals surface area contributed by atoms with E-state index in [2.05, 4.69) is 29.0 Å². The van der Waals surface area contributed by atoms with Gasteiger partial charge < -0.3 is 0 Å². The average Bonchev–Trinajstić information content (AvgIpc) is 2.75. The number of aryl methyl sites for hydroxylation is 1. The lowest BCUT2D eigenvalue weighted by atomic mass is 9.51. The highest BCUT2D eigenvalue weighted by Gasteiger charge is 2.55. The fourth-order valence-electron chi connectivity index (χ4n) is 4.19. The maximum atomic E-state index is 9.13. The van der Waals surface area contributed by atoms with Gasteiger partial charge in [0.1, 0.15) is 0 Å². The monoisotopic (exact) mass is 243 g/mol. The van der Waals surface area contributed by atoms with Gasteiger partial charge in [-0.05, 0) is 43.6 Å². The topological polar surface area (TPSA) is 41.6 Å². The molecule has 1 heterocycles. The van der Waals surface area contributed by atoms with Gasteiger partial charge in [0.2, 0.25) is 0 Å². The Morgan fingerprint density at radius 3 is 2.61 bits per heavy atom. The molecule has 0 amide bonds. The second kappa shape index (κ2) is 4.12. The molecule has 2 aliphatic carbocycles. The molecule has 0 aliphatic heterocycles. The minimum absolute atomic E-state index is 0.000347. The SMILES string of the molecule is Cc1cnn(C2(CC#N)CC3(CCCCC3)C2)c1. The molecule has 2 fully saturated rings. The van der Waals surface area contributed by atoms with Crippen molar-refractivity contribution in [2.45, 2.75) is 63.8 Å². The van der Waals surface area contributed by atoms with Crippen molar-refractivity contribution in [3.63, 3.8) is 0 Å². The molecule has 0 N–H and O–H groups in total. The standard InChI is InChI=1S/C15H21N3/c1-13-9-17-18(10-13)15(7-8-16)11-14(12-15)5-3-2-4-6-14/h9-10H,2-7,11-12H2,1H3. The summed E-state index contributed by atoms with van der Waals surface area (Å²) >= 11 is 0. The highest BCUT2D eigenvalue weighted by molar-refractivity contribution is 5.13. The number of rotatable bonds is 2.